The van der Waals surface area contributed by atoms with E-state index in [0.717, 1.165) is 53.8 Å². The Balaban J connectivity index is 2.30. The number of likely N-dealkylation sites (N-methyl/N-ethyl adjacent to an activating group) is 1. The molecule has 0 amide bonds. The lowest BCUT2D eigenvalue weighted by Gasteiger charge is -2.29. The van der Waals surface area contributed by atoms with Crippen LogP contribution in [0.5, 0.6) is 0 Å². The Labute approximate surface area is 130 Å². The van der Waals surface area contributed by atoms with Crippen molar-refractivity contribution >= 4 is 22.5 Å². The summed E-state index contributed by atoms with van der Waals surface area (Å²) >= 11 is 6.21. The summed E-state index contributed by atoms with van der Waals surface area (Å²) in [7, 11) is 0. The van der Waals surface area contributed by atoms with E-state index in [-0.39, 0.29) is 0 Å². The predicted octanol–water partition coefficient (Wildman–Crippen LogP) is 3.64. The average Bonchev–Trinajstić information content (AvgIpc) is 2.47. The van der Waals surface area contributed by atoms with Gasteiger partial charge in [0.2, 0.25) is 0 Å². The molecular formula is C17H18ClN3. The Morgan fingerprint density at radius 3 is 2.95 bits per heavy atom. The van der Waals surface area contributed by atoms with Crippen molar-refractivity contribution in [3.8, 4) is 6.07 Å². The predicted molar refractivity (Wildman–Crippen MR) is 85.5 cm³/mol. The lowest BCUT2D eigenvalue weighted by atomic mass is 9.93. The van der Waals surface area contributed by atoms with Gasteiger partial charge in [0.25, 0.3) is 0 Å². The second-order valence-electron chi connectivity index (χ2n) is 5.59. The highest BCUT2D eigenvalue weighted by Gasteiger charge is 2.22. The van der Waals surface area contributed by atoms with E-state index < -0.39 is 0 Å². The Morgan fingerprint density at radius 2 is 2.24 bits per heavy atom. The molecule has 21 heavy (non-hydrogen) atoms. The van der Waals surface area contributed by atoms with Gasteiger partial charge in [-0.15, -0.1) is 0 Å². The first-order valence-corrected chi connectivity index (χ1v) is 7.71. The van der Waals surface area contributed by atoms with Crippen LogP contribution in [-0.2, 0) is 19.4 Å². The fourth-order valence-corrected chi connectivity index (χ4v) is 3.44. The molecule has 0 N–H and O–H groups in total. The van der Waals surface area contributed by atoms with Crippen LogP contribution in [0, 0.1) is 18.3 Å². The Morgan fingerprint density at radius 1 is 1.43 bits per heavy atom. The molecule has 2 heterocycles. The number of hydrogen-bond acceptors (Lipinski definition) is 3. The molecule has 0 atom stereocenters. The smallest absolute Gasteiger partial charge is 0.0738 e. The van der Waals surface area contributed by atoms with Crippen LogP contribution in [0.3, 0.4) is 0 Å². The summed E-state index contributed by atoms with van der Waals surface area (Å²) in [5, 5.41) is 11.0. The van der Waals surface area contributed by atoms with E-state index in [1.165, 1.54) is 5.56 Å². The summed E-state index contributed by atoms with van der Waals surface area (Å²) in [6.07, 6.45) is 1.37. The highest BCUT2D eigenvalue weighted by atomic mass is 35.5. The first-order chi connectivity index (χ1) is 10.1. The van der Waals surface area contributed by atoms with E-state index in [1.54, 1.807) is 0 Å². The maximum absolute atomic E-state index is 9.23. The van der Waals surface area contributed by atoms with Crippen LogP contribution in [-0.4, -0.2) is 23.0 Å². The molecular weight excluding hydrogens is 282 g/mol. The van der Waals surface area contributed by atoms with Gasteiger partial charge in [-0.3, -0.25) is 9.88 Å². The van der Waals surface area contributed by atoms with Gasteiger partial charge in [-0.1, -0.05) is 18.5 Å². The van der Waals surface area contributed by atoms with Gasteiger partial charge >= 0.3 is 0 Å². The fraction of sp³-hybridized carbons (Fsp3) is 0.412. The van der Waals surface area contributed by atoms with Gasteiger partial charge in [0.15, 0.2) is 0 Å². The van der Waals surface area contributed by atoms with Crippen LogP contribution in [0.1, 0.15) is 29.3 Å². The van der Waals surface area contributed by atoms with Gasteiger partial charge < -0.3 is 0 Å². The summed E-state index contributed by atoms with van der Waals surface area (Å²) in [4.78, 5) is 7.27. The van der Waals surface area contributed by atoms with E-state index >= 15 is 0 Å². The zero-order chi connectivity index (χ0) is 15.0. The van der Waals surface area contributed by atoms with Crippen LogP contribution in [0.2, 0.25) is 5.02 Å². The first kappa shape index (κ1) is 14.3. The van der Waals surface area contributed by atoms with Gasteiger partial charge in [-0.25, -0.2) is 0 Å². The minimum Gasteiger partial charge on any atom is -0.299 e. The molecule has 0 saturated heterocycles. The zero-order valence-corrected chi connectivity index (χ0v) is 13.2. The summed E-state index contributed by atoms with van der Waals surface area (Å²) < 4.78 is 0. The summed E-state index contributed by atoms with van der Waals surface area (Å²) in [5.41, 5.74) is 5.58. The summed E-state index contributed by atoms with van der Waals surface area (Å²) in [6, 6.07) is 6.21. The number of aryl methyl sites for hydroxylation is 1. The van der Waals surface area contributed by atoms with E-state index in [0.29, 0.717) is 11.4 Å². The van der Waals surface area contributed by atoms with Gasteiger partial charge in [0.1, 0.15) is 0 Å². The molecule has 0 bridgehead atoms. The molecule has 3 rings (SSSR count). The third kappa shape index (κ3) is 2.50. The second kappa shape index (κ2) is 5.63. The summed E-state index contributed by atoms with van der Waals surface area (Å²) in [6.45, 7) is 7.16. The molecule has 1 aliphatic heterocycles. The van der Waals surface area contributed by atoms with Crippen molar-refractivity contribution in [2.45, 2.75) is 33.2 Å². The number of nitrogens with zero attached hydrogens (tertiary/aromatic N) is 3. The Hall–Kier alpha value is -1.63. The third-order valence-corrected chi connectivity index (χ3v) is 4.52. The first-order valence-electron chi connectivity index (χ1n) is 7.33. The molecule has 0 saturated carbocycles. The van der Waals surface area contributed by atoms with E-state index in [9.17, 15) is 5.26 Å². The number of hydrogen-bond donors (Lipinski definition) is 0. The largest absolute Gasteiger partial charge is 0.299 e. The average molecular weight is 300 g/mol. The van der Waals surface area contributed by atoms with Crippen molar-refractivity contribution in [1.82, 2.24) is 9.88 Å². The van der Waals surface area contributed by atoms with Crippen LogP contribution in [0.15, 0.2) is 12.1 Å². The number of fused-ring (bicyclic) bond motifs is 2. The molecule has 2 aromatic rings. The lowest BCUT2D eigenvalue weighted by molar-refractivity contribution is 0.265. The fourth-order valence-electron chi connectivity index (χ4n) is 3.16. The molecule has 3 nitrogen and oxygen atoms in total. The van der Waals surface area contributed by atoms with E-state index in [1.807, 2.05) is 19.1 Å². The van der Waals surface area contributed by atoms with Gasteiger partial charge in [0.05, 0.1) is 18.0 Å². The SMILES string of the molecule is CCN1CCc2nc3c(C)cc(Cl)cc3c(CC#N)c2C1. The summed E-state index contributed by atoms with van der Waals surface area (Å²) in [5.74, 6) is 0. The molecule has 1 aromatic heterocycles. The lowest BCUT2D eigenvalue weighted by Crippen LogP contribution is -2.31. The van der Waals surface area contributed by atoms with Crippen molar-refractivity contribution < 1.29 is 0 Å². The van der Waals surface area contributed by atoms with Crippen molar-refractivity contribution in [3.63, 3.8) is 0 Å². The Bertz CT molecular complexity index is 746. The van der Waals surface area contributed by atoms with Crippen molar-refractivity contribution in [1.29, 1.82) is 5.26 Å². The van der Waals surface area contributed by atoms with Crippen molar-refractivity contribution in [3.05, 3.63) is 39.5 Å². The second-order valence-corrected chi connectivity index (χ2v) is 6.02. The molecule has 108 valence electrons. The van der Waals surface area contributed by atoms with Crippen molar-refractivity contribution in [2.24, 2.45) is 0 Å². The number of aromatic nitrogens is 1. The minimum absolute atomic E-state index is 0.415. The van der Waals surface area contributed by atoms with Gasteiger partial charge in [0, 0.05) is 35.6 Å². The van der Waals surface area contributed by atoms with E-state index in [2.05, 4.69) is 17.9 Å². The van der Waals surface area contributed by atoms with Gasteiger partial charge in [-0.2, -0.15) is 5.26 Å². The monoisotopic (exact) mass is 299 g/mol. The normalized spacial score (nSPS) is 15.0. The molecule has 0 unspecified atom stereocenters. The zero-order valence-electron chi connectivity index (χ0n) is 12.4. The number of benzene rings is 1. The van der Waals surface area contributed by atoms with Crippen LogP contribution >= 0.6 is 11.6 Å². The van der Waals surface area contributed by atoms with Crippen LogP contribution < -0.4 is 0 Å². The molecule has 0 spiro atoms. The highest BCUT2D eigenvalue weighted by molar-refractivity contribution is 6.31. The molecule has 4 heteroatoms. The third-order valence-electron chi connectivity index (χ3n) is 4.30. The molecule has 0 fully saturated rings. The molecule has 1 aliphatic rings. The van der Waals surface area contributed by atoms with Crippen LogP contribution in [0.4, 0.5) is 0 Å². The standard InChI is InChI=1S/C17H18ClN3/c1-3-21-7-5-16-15(10-21)13(4-6-19)14-9-12(18)8-11(2)17(14)20-16/h8-9H,3-5,7,10H2,1-2H3. The topological polar surface area (TPSA) is 39.9 Å². The maximum atomic E-state index is 9.23. The van der Waals surface area contributed by atoms with Gasteiger partial charge in [-0.05, 0) is 42.3 Å². The Kier molecular flexibility index (Phi) is 3.84. The number of pyridine rings is 1. The quantitative estimate of drug-likeness (QED) is 0.850. The molecule has 0 aliphatic carbocycles. The molecule has 0 radical (unpaired) electrons. The van der Waals surface area contributed by atoms with Crippen molar-refractivity contribution in [2.75, 3.05) is 13.1 Å². The number of rotatable bonds is 2. The van der Waals surface area contributed by atoms with Crippen LogP contribution in [0.25, 0.3) is 10.9 Å². The number of nitriles is 1. The molecule has 1 aromatic carbocycles. The van der Waals surface area contributed by atoms with E-state index in [4.69, 9.17) is 16.6 Å². The minimum atomic E-state index is 0.415. The number of halogens is 1. The maximum Gasteiger partial charge on any atom is 0.0738 e. The highest BCUT2D eigenvalue weighted by Crippen LogP contribution is 2.31.